The lowest BCUT2D eigenvalue weighted by Gasteiger charge is -2.17. The molecule has 2 aliphatic heterocycles. The zero-order chi connectivity index (χ0) is 13.6. The van der Waals surface area contributed by atoms with Crippen molar-refractivity contribution < 1.29 is 8.42 Å². The van der Waals surface area contributed by atoms with Crippen LogP contribution in [0.2, 0.25) is 5.02 Å². The van der Waals surface area contributed by atoms with E-state index in [1.807, 2.05) is 6.92 Å². The number of fused-ring (bicyclic) bond motifs is 1. The van der Waals surface area contributed by atoms with Crippen molar-refractivity contribution in [3.63, 3.8) is 0 Å². The van der Waals surface area contributed by atoms with Gasteiger partial charge in [0, 0.05) is 18.1 Å². The number of aryl methyl sites for hydroxylation is 1. The van der Waals surface area contributed by atoms with E-state index >= 15 is 0 Å². The maximum Gasteiger partial charge on any atom is 0.243 e. The minimum atomic E-state index is -3.40. The summed E-state index contributed by atoms with van der Waals surface area (Å²) >= 11 is 6.03. The molecule has 0 spiro atoms. The van der Waals surface area contributed by atoms with Gasteiger partial charge in [0.25, 0.3) is 0 Å². The average molecular weight is 301 g/mol. The summed E-state index contributed by atoms with van der Waals surface area (Å²) in [6.07, 6.45) is 0. The smallest absolute Gasteiger partial charge is 0.243 e. The molecule has 0 radical (unpaired) electrons. The molecule has 2 atom stereocenters. The number of hydrogen-bond acceptors (Lipinski definition) is 3. The van der Waals surface area contributed by atoms with E-state index in [4.69, 9.17) is 11.6 Å². The normalized spacial score (nSPS) is 27.7. The van der Waals surface area contributed by atoms with Crippen molar-refractivity contribution in [3.8, 4) is 0 Å². The van der Waals surface area contributed by atoms with Crippen LogP contribution in [-0.4, -0.2) is 38.9 Å². The highest BCUT2D eigenvalue weighted by atomic mass is 35.5. The predicted molar refractivity (Wildman–Crippen MR) is 74.8 cm³/mol. The van der Waals surface area contributed by atoms with E-state index in [1.54, 1.807) is 22.5 Å². The van der Waals surface area contributed by atoms with Crippen LogP contribution in [0.1, 0.15) is 5.56 Å². The van der Waals surface area contributed by atoms with Gasteiger partial charge in [0.1, 0.15) is 0 Å². The molecule has 104 valence electrons. The maximum absolute atomic E-state index is 12.6. The van der Waals surface area contributed by atoms with Crippen molar-refractivity contribution in [1.82, 2.24) is 9.62 Å². The Balaban J connectivity index is 1.88. The van der Waals surface area contributed by atoms with Crippen molar-refractivity contribution in [1.29, 1.82) is 0 Å². The van der Waals surface area contributed by atoms with Crippen LogP contribution in [0, 0.1) is 18.8 Å². The Morgan fingerprint density at radius 2 is 1.89 bits per heavy atom. The van der Waals surface area contributed by atoms with Gasteiger partial charge in [-0.15, -0.1) is 0 Å². The molecule has 0 saturated carbocycles. The van der Waals surface area contributed by atoms with Gasteiger partial charge < -0.3 is 5.32 Å². The molecule has 2 heterocycles. The number of nitrogens with one attached hydrogen (secondary N) is 1. The number of rotatable bonds is 2. The van der Waals surface area contributed by atoms with Crippen LogP contribution in [-0.2, 0) is 10.0 Å². The van der Waals surface area contributed by atoms with Gasteiger partial charge in [-0.05, 0) is 49.5 Å². The lowest BCUT2D eigenvalue weighted by Crippen LogP contribution is -2.31. The van der Waals surface area contributed by atoms with Gasteiger partial charge >= 0.3 is 0 Å². The number of hydrogen-bond donors (Lipinski definition) is 1. The van der Waals surface area contributed by atoms with Crippen molar-refractivity contribution in [2.45, 2.75) is 11.8 Å². The molecule has 19 heavy (non-hydrogen) atoms. The Kier molecular flexibility index (Phi) is 3.33. The van der Waals surface area contributed by atoms with Crippen LogP contribution < -0.4 is 5.32 Å². The Labute approximate surface area is 118 Å². The largest absolute Gasteiger partial charge is 0.316 e. The highest BCUT2D eigenvalue weighted by Gasteiger charge is 2.41. The van der Waals surface area contributed by atoms with Crippen molar-refractivity contribution in [2.75, 3.05) is 26.2 Å². The summed E-state index contributed by atoms with van der Waals surface area (Å²) in [5.41, 5.74) is 0.892. The van der Waals surface area contributed by atoms with Crippen molar-refractivity contribution in [3.05, 3.63) is 28.8 Å². The van der Waals surface area contributed by atoms with E-state index in [0.29, 0.717) is 34.8 Å². The quantitative estimate of drug-likeness (QED) is 0.900. The fourth-order valence-corrected chi connectivity index (χ4v) is 4.72. The Morgan fingerprint density at radius 3 is 2.47 bits per heavy atom. The van der Waals surface area contributed by atoms with E-state index < -0.39 is 10.0 Å². The molecule has 0 aromatic heterocycles. The van der Waals surface area contributed by atoms with Crippen LogP contribution in [0.15, 0.2) is 23.1 Å². The summed E-state index contributed by atoms with van der Waals surface area (Å²) < 4.78 is 26.8. The molecule has 1 aromatic carbocycles. The number of halogens is 1. The molecule has 0 amide bonds. The lowest BCUT2D eigenvalue weighted by atomic mass is 10.0. The van der Waals surface area contributed by atoms with Gasteiger partial charge in [-0.2, -0.15) is 4.31 Å². The van der Waals surface area contributed by atoms with Crippen LogP contribution >= 0.6 is 11.6 Å². The fraction of sp³-hybridized carbons (Fsp3) is 0.538. The van der Waals surface area contributed by atoms with E-state index in [0.717, 1.165) is 18.7 Å². The Hall–Kier alpha value is -0.620. The summed E-state index contributed by atoms with van der Waals surface area (Å²) in [5.74, 6) is 0.909. The highest BCUT2D eigenvalue weighted by molar-refractivity contribution is 7.89. The maximum atomic E-state index is 12.6. The van der Waals surface area contributed by atoms with Crippen LogP contribution in [0.3, 0.4) is 0 Å². The average Bonchev–Trinajstić information content (AvgIpc) is 2.93. The molecule has 2 aliphatic rings. The standard InChI is InChI=1S/C13H17ClN2O2S/c1-9-2-3-12(4-13(9)14)19(17,18)16-7-10-5-15-6-11(10)8-16/h2-4,10-11,15H,5-8H2,1H3/t10-,11+. The first-order chi connectivity index (χ1) is 8.98. The second kappa shape index (κ2) is 4.74. The lowest BCUT2D eigenvalue weighted by molar-refractivity contribution is 0.448. The summed E-state index contributed by atoms with van der Waals surface area (Å²) in [6.45, 7) is 4.94. The molecule has 3 rings (SSSR count). The molecule has 2 fully saturated rings. The molecule has 1 N–H and O–H groups in total. The summed E-state index contributed by atoms with van der Waals surface area (Å²) in [4.78, 5) is 0.302. The Bertz CT molecular complexity index is 591. The first-order valence-corrected chi connectivity index (χ1v) is 8.27. The van der Waals surface area contributed by atoms with Crippen LogP contribution in [0.4, 0.5) is 0 Å². The number of benzene rings is 1. The van der Waals surface area contributed by atoms with E-state index in [-0.39, 0.29) is 0 Å². The minimum Gasteiger partial charge on any atom is -0.316 e. The zero-order valence-electron chi connectivity index (χ0n) is 10.8. The van der Waals surface area contributed by atoms with Crippen LogP contribution in [0.5, 0.6) is 0 Å². The number of nitrogens with zero attached hydrogens (tertiary/aromatic N) is 1. The SMILES string of the molecule is Cc1ccc(S(=O)(=O)N2C[C@H]3CNC[C@H]3C2)cc1Cl. The van der Waals surface area contributed by atoms with E-state index in [1.165, 1.54) is 0 Å². The van der Waals surface area contributed by atoms with Gasteiger partial charge in [0.15, 0.2) is 0 Å². The first kappa shape index (κ1) is 13.4. The summed E-state index contributed by atoms with van der Waals surface area (Å²) in [5, 5.41) is 3.81. The van der Waals surface area contributed by atoms with Gasteiger partial charge in [-0.1, -0.05) is 17.7 Å². The highest BCUT2D eigenvalue weighted by Crippen LogP contribution is 2.31. The predicted octanol–water partition coefficient (Wildman–Crippen LogP) is 1.49. The minimum absolute atomic E-state index is 0.302. The topological polar surface area (TPSA) is 49.4 Å². The number of sulfonamides is 1. The molecule has 0 unspecified atom stereocenters. The monoisotopic (exact) mass is 300 g/mol. The van der Waals surface area contributed by atoms with Gasteiger partial charge in [0.2, 0.25) is 10.0 Å². The second-order valence-electron chi connectivity index (χ2n) is 5.41. The second-order valence-corrected chi connectivity index (χ2v) is 7.76. The molecule has 4 nitrogen and oxygen atoms in total. The molecule has 2 saturated heterocycles. The zero-order valence-corrected chi connectivity index (χ0v) is 12.3. The third-order valence-electron chi connectivity index (χ3n) is 4.14. The van der Waals surface area contributed by atoms with Crippen molar-refractivity contribution in [2.24, 2.45) is 11.8 Å². The summed E-state index contributed by atoms with van der Waals surface area (Å²) in [7, 11) is -3.40. The molecular weight excluding hydrogens is 284 g/mol. The van der Waals surface area contributed by atoms with Gasteiger partial charge in [-0.25, -0.2) is 8.42 Å². The fourth-order valence-electron chi connectivity index (χ4n) is 2.89. The third-order valence-corrected chi connectivity index (χ3v) is 6.37. The molecule has 0 bridgehead atoms. The third kappa shape index (κ3) is 2.29. The van der Waals surface area contributed by atoms with Crippen molar-refractivity contribution >= 4 is 21.6 Å². The van der Waals surface area contributed by atoms with Crippen LogP contribution in [0.25, 0.3) is 0 Å². The molecule has 0 aliphatic carbocycles. The van der Waals surface area contributed by atoms with E-state index in [9.17, 15) is 8.42 Å². The Morgan fingerprint density at radius 1 is 1.26 bits per heavy atom. The molecule has 1 aromatic rings. The molecule has 6 heteroatoms. The summed E-state index contributed by atoms with van der Waals surface area (Å²) in [6, 6.07) is 4.95. The first-order valence-electron chi connectivity index (χ1n) is 6.45. The van der Waals surface area contributed by atoms with Gasteiger partial charge in [-0.3, -0.25) is 0 Å². The van der Waals surface area contributed by atoms with E-state index in [2.05, 4.69) is 5.32 Å². The molecular formula is C13H17ClN2O2S. The van der Waals surface area contributed by atoms with Gasteiger partial charge in [0.05, 0.1) is 4.90 Å².